The van der Waals surface area contributed by atoms with E-state index < -0.39 is 6.29 Å². The standard InChI is InChI=1S/C21H23BrClNO2/c1-11-3-5-14(17(23)9-11)15-6-7-16-19(12(2)26-21(16)25)20(15)18-8-4-13(22)10-24-18/h3-5,8-10,12,15-16,19-21,25H,6-7H2,1-2H3. The van der Waals surface area contributed by atoms with Crippen LogP contribution in [0.1, 0.15) is 48.4 Å². The molecule has 1 aromatic heterocycles. The molecule has 6 atom stereocenters. The molecule has 26 heavy (non-hydrogen) atoms. The van der Waals surface area contributed by atoms with Crippen LogP contribution in [-0.2, 0) is 4.74 Å². The van der Waals surface area contributed by atoms with Crippen LogP contribution in [0.15, 0.2) is 41.0 Å². The molecule has 2 heterocycles. The minimum absolute atomic E-state index is 0.00234. The molecule has 2 aromatic rings. The van der Waals surface area contributed by atoms with E-state index in [4.69, 9.17) is 21.3 Å². The maximum absolute atomic E-state index is 10.4. The third-order valence-corrected chi connectivity index (χ3v) is 6.86. The molecule has 5 heteroatoms. The number of aliphatic hydroxyl groups is 1. The summed E-state index contributed by atoms with van der Waals surface area (Å²) >= 11 is 10.1. The van der Waals surface area contributed by atoms with Gasteiger partial charge in [0.05, 0.1) is 6.10 Å². The summed E-state index contributed by atoms with van der Waals surface area (Å²) in [5.74, 6) is 0.833. The quantitative estimate of drug-likeness (QED) is 0.682. The van der Waals surface area contributed by atoms with Gasteiger partial charge < -0.3 is 9.84 Å². The molecule has 4 rings (SSSR count). The molecular weight excluding hydrogens is 414 g/mol. The Kier molecular flexibility index (Phi) is 5.13. The van der Waals surface area contributed by atoms with Crippen LogP contribution in [0.5, 0.6) is 0 Å². The average molecular weight is 437 g/mol. The SMILES string of the molecule is Cc1ccc(C2CCC3C(O)OC(C)C3C2c2ccc(Br)cn2)c(Cl)c1. The van der Waals surface area contributed by atoms with Crippen LogP contribution in [0.4, 0.5) is 0 Å². The van der Waals surface area contributed by atoms with Gasteiger partial charge in [0.15, 0.2) is 6.29 Å². The number of aromatic nitrogens is 1. The van der Waals surface area contributed by atoms with Crippen LogP contribution in [-0.4, -0.2) is 22.5 Å². The van der Waals surface area contributed by atoms with Crippen molar-refractivity contribution in [1.29, 1.82) is 0 Å². The molecule has 0 spiro atoms. The van der Waals surface area contributed by atoms with Crippen molar-refractivity contribution in [2.75, 3.05) is 0 Å². The summed E-state index contributed by atoms with van der Waals surface area (Å²) in [6.45, 7) is 4.13. The third kappa shape index (κ3) is 3.22. The van der Waals surface area contributed by atoms with Gasteiger partial charge in [-0.1, -0.05) is 23.7 Å². The lowest BCUT2D eigenvalue weighted by atomic mass is 9.62. The highest BCUT2D eigenvalue weighted by Gasteiger charge is 2.51. The van der Waals surface area contributed by atoms with Crippen molar-refractivity contribution in [3.63, 3.8) is 0 Å². The number of pyridine rings is 1. The Morgan fingerprint density at radius 2 is 2.04 bits per heavy atom. The normalized spacial score (nSPS) is 33.9. The molecule has 6 unspecified atom stereocenters. The predicted octanol–water partition coefficient (Wildman–Crippen LogP) is 5.44. The Morgan fingerprint density at radius 3 is 2.73 bits per heavy atom. The fourth-order valence-corrected chi connectivity index (χ4v) is 5.54. The van der Waals surface area contributed by atoms with E-state index in [1.165, 1.54) is 11.1 Å². The van der Waals surface area contributed by atoms with E-state index in [0.29, 0.717) is 0 Å². The van der Waals surface area contributed by atoms with Gasteiger partial charge in [-0.05, 0) is 77.9 Å². The van der Waals surface area contributed by atoms with E-state index in [9.17, 15) is 5.11 Å². The zero-order chi connectivity index (χ0) is 18.4. The zero-order valence-electron chi connectivity index (χ0n) is 14.9. The highest BCUT2D eigenvalue weighted by Crippen LogP contribution is 2.55. The van der Waals surface area contributed by atoms with Crippen molar-refractivity contribution < 1.29 is 9.84 Å². The molecule has 1 aliphatic heterocycles. The second kappa shape index (κ2) is 7.23. The molecule has 1 saturated carbocycles. The highest BCUT2D eigenvalue weighted by molar-refractivity contribution is 9.10. The second-order valence-corrected chi connectivity index (χ2v) is 8.93. The van der Waals surface area contributed by atoms with E-state index in [1.807, 2.05) is 18.3 Å². The lowest BCUT2D eigenvalue weighted by Gasteiger charge is -2.41. The van der Waals surface area contributed by atoms with Gasteiger partial charge in [-0.15, -0.1) is 0 Å². The molecule has 138 valence electrons. The molecule has 0 radical (unpaired) electrons. The van der Waals surface area contributed by atoms with E-state index in [-0.39, 0.29) is 29.8 Å². The fourth-order valence-electron chi connectivity index (χ4n) is 4.93. The number of rotatable bonds is 2. The van der Waals surface area contributed by atoms with Gasteiger partial charge in [0.25, 0.3) is 0 Å². The van der Waals surface area contributed by atoms with Crippen LogP contribution < -0.4 is 0 Å². The number of hydrogen-bond acceptors (Lipinski definition) is 3. The van der Waals surface area contributed by atoms with Gasteiger partial charge in [-0.25, -0.2) is 0 Å². The summed E-state index contributed by atoms with van der Waals surface area (Å²) in [5.41, 5.74) is 3.40. The molecule has 2 aliphatic rings. The Labute approximate surface area is 167 Å². The van der Waals surface area contributed by atoms with Crippen molar-refractivity contribution in [2.45, 2.75) is 50.9 Å². The van der Waals surface area contributed by atoms with Crippen LogP contribution in [0.25, 0.3) is 0 Å². The maximum Gasteiger partial charge on any atom is 0.158 e. The van der Waals surface area contributed by atoms with E-state index >= 15 is 0 Å². The Hall–Kier alpha value is -0.940. The molecular formula is C21H23BrClNO2. The van der Waals surface area contributed by atoms with Crippen molar-refractivity contribution >= 4 is 27.5 Å². The summed E-state index contributed by atoms with van der Waals surface area (Å²) in [6, 6.07) is 10.5. The summed E-state index contributed by atoms with van der Waals surface area (Å²) in [4.78, 5) is 4.72. The summed E-state index contributed by atoms with van der Waals surface area (Å²) in [5, 5.41) is 11.2. The van der Waals surface area contributed by atoms with Gasteiger partial charge in [0.1, 0.15) is 0 Å². The zero-order valence-corrected chi connectivity index (χ0v) is 17.2. The number of nitrogens with zero attached hydrogens (tertiary/aromatic N) is 1. The van der Waals surface area contributed by atoms with E-state index in [1.54, 1.807) is 0 Å². The first kappa shape index (κ1) is 18.4. The van der Waals surface area contributed by atoms with Crippen molar-refractivity contribution in [2.24, 2.45) is 11.8 Å². The predicted molar refractivity (Wildman–Crippen MR) is 106 cm³/mol. The van der Waals surface area contributed by atoms with Crippen LogP contribution in [0.2, 0.25) is 5.02 Å². The molecule has 0 amide bonds. The minimum Gasteiger partial charge on any atom is -0.368 e. The molecule has 0 bridgehead atoms. The first-order valence-corrected chi connectivity index (χ1v) is 10.3. The lowest BCUT2D eigenvalue weighted by molar-refractivity contribution is -0.104. The smallest absolute Gasteiger partial charge is 0.158 e. The number of ether oxygens (including phenoxy) is 1. The average Bonchev–Trinajstić information content (AvgIpc) is 2.90. The summed E-state index contributed by atoms with van der Waals surface area (Å²) < 4.78 is 6.77. The molecule has 3 nitrogen and oxygen atoms in total. The first-order chi connectivity index (χ1) is 12.5. The Morgan fingerprint density at radius 1 is 1.23 bits per heavy atom. The number of benzene rings is 1. The summed E-state index contributed by atoms with van der Waals surface area (Å²) in [7, 11) is 0. The van der Waals surface area contributed by atoms with Crippen molar-refractivity contribution in [3.05, 3.63) is 62.8 Å². The van der Waals surface area contributed by atoms with Gasteiger partial charge in [-0.2, -0.15) is 0 Å². The van der Waals surface area contributed by atoms with Gasteiger partial charge in [-0.3, -0.25) is 4.98 Å². The van der Waals surface area contributed by atoms with E-state index in [2.05, 4.69) is 48.0 Å². The Bertz CT molecular complexity index is 797. The molecule has 1 saturated heterocycles. The molecule has 1 N–H and O–H groups in total. The third-order valence-electron chi connectivity index (χ3n) is 6.06. The number of aryl methyl sites for hydroxylation is 1. The van der Waals surface area contributed by atoms with Crippen LogP contribution in [0.3, 0.4) is 0 Å². The first-order valence-electron chi connectivity index (χ1n) is 9.16. The number of fused-ring (bicyclic) bond motifs is 1. The van der Waals surface area contributed by atoms with Crippen LogP contribution >= 0.6 is 27.5 Å². The van der Waals surface area contributed by atoms with Gasteiger partial charge in [0, 0.05) is 39.1 Å². The second-order valence-electron chi connectivity index (χ2n) is 7.61. The minimum atomic E-state index is -0.678. The molecule has 2 fully saturated rings. The number of hydrogen-bond donors (Lipinski definition) is 1. The monoisotopic (exact) mass is 435 g/mol. The van der Waals surface area contributed by atoms with Crippen LogP contribution in [0, 0.1) is 18.8 Å². The topological polar surface area (TPSA) is 42.4 Å². The lowest BCUT2D eigenvalue weighted by Crippen LogP contribution is -2.36. The van der Waals surface area contributed by atoms with Crippen molar-refractivity contribution in [3.8, 4) is 0 Å². The molecule has 1 aliphatic carbocycles. The van der Waals surface area contributed by atoms with Crippen molar-refractivity contribution in [1.82, 2.24) is 4.98 Å². The van der Waals surface area contributed by atoms with Gasteiger partial charge in [0.2, 0.25) is 0 Å². The number of halogens is 2. The van der Waals surface area contributed by atoms with E-state index in [0.717, 1.165) is 28.0 Å². The number of aliphatic hydroxyl groups excluding tert-OH is 1. The largest absolute Gasteiger partial charge is 0.368 e. The summed E-state index contributed by atoms with van der Waals surface area (Å²) in [6.07, 6.45) is 3.08. The fraction of sp³-hybridized carbons (Fsp3) is 0.476. The molecule has 1 aromatic carbocycles. The Balaban J connectivity index is 1.80. The highest BCUT2D eigenvalue weighted by atomic mass is 79.9. The van der Waals surface area contributed by atoms with Gasteiger partial charge >= 0.3 is 0 Å². The maximum atomic E-state index is 10.4.